The number of hydrogen-bond acceptors (Lipinski definition) is 4. The number of phenolic OH excluding ortho intramolecular Hbond substituents is 2. The van der Waals surface area contributed by atoms with Gasteiger partial charge in [-0.1, -0.05) is 35.7 Å². The summed E-state index contributed by atoms with van der Waals surface area (Å²) >= 11 is 3.11. The zero-order valence-corrected chi connectivity index (χ0v) is 9.81. The summed E-state index contributed by atoms with van der Waals surface area (Å²) in [5.41, 5.74) is 0. The molecule has 16 heavy (non-hydrogen) atoms. The van der Waals surface area contributed by atoms with Crippen LogP contribution in [0.4, 0.5) is 0 Å². The Bertz CT molecular complexity index is 567. The predicted molar refractivity (Wildman–Crippen MR) is 64.5 cm³/mol. The molecule has 0 saturated heterocycles. The van der Waals surface area contributed by atoms with Gasteiger partial charge >= 0.3 is 0 Å². The van der Waals surface area contributed by atoms with E-state index in [1.54, 1.807) is 17.8 Å². The molecule has 0 amide bonds. The molecule has 3 rings (SSSR count). The molecule has 1 heterocycles. The summed E-state index contributed by atoms with van der Waals surface area (Å²) in [7, 11) is 0. The molecular weight excluding hydrogens is 240 g/mol. The maximum atomic E-state index is 9.77. The standard InChI is InChI=1S/C12H8O2S2/c13-7-5-8(14)12-11(6-7)15-9-3-1-2-4-10(9)16-12/h1-6,13-14H. The van der Waals surface area contributed by atoms with Gasteiger partial charge in [-0.15, -0.1) is 0 Å². The number of benzene rings is 2. The van der Waals surface area contributed by atoms with Gasteiger partial charge in [-0.3, -0.25) is 0 Å². The van der Waals surface area contributed by atoms with Crippen molar-refractivity contribution < 1.29 is 10.2 Å². The second-order valence-electron chi connectivity index (χ2n) is 3.44. The van der Waals surface area contributed by atoms with Crippen molar-refractivity contribution in [2.24, 2.45) is 0 Å². The Labute approximate surface area is 101 Å². The minimum Gasteiger partial charge on any atom is -0.508 e. The van der Waals surface area contributed by atoms with E-state index in [0.717, 1.165) is 19.6 Å². The lowest BCUT2D eigenvalue weighted by Gasteiger charge is -2.18. The summed E-state index contributed by atoms with van der Waals surface area (Å²) in [5.74, 6) is 0.241. The summed E-state index contributed by atoms with van der Waals surface area (Å²) in [6.07, 6.45) is 0. The molecule has 0 unspecified atom stereocenters. The van der Waals surface area contributed by atoms with Crippen molar-refractivity contribution in [3.63, 3.8) is 0 Å². The summed E-state index contributed by atoms with van der Waals surface area (Å²) in [5, 5.41) is 19.2. The van der Waals surface area contributed by atoms with Crippen LogP contribution in [0.3, 0.4) is 0 Å². The van der Waals surface area contributed by atoms with Crippen molar-refractivity contribution in [2.45, 2.75) is 19.6 Å². The molecule has 0 aliphatic carbocycles. The largest absolute Gasteiger partial charge is 0.508 e. The van der Waals surface area contributed by atoms with E-state index in [9.17, 15) is 10.2 Å². The third-order valence-corrected chi connectivity index (χ3v) is 4.89. The van der Waals surface area contributed by atoms with Crippen molar-refractivity contribution in [3.8, 4) is 11.5 Å². The van der Waals surface area contributed by atoms with Gasteiger partial charge in [0, 0.05) is 20.8 Å². The Morgan fingerprint density at radius 3 is 2.25 bits per heavy atom. The average molecular weight is 248 g/mol. The van der Waals surface area contributed by atoms with Gasteiger partial charge < -0.3 is 10.2 Å². The van der Waals surface area contributed by atoms with E-state index < -0.39 is 0 Å². The second kappa shape index (κ2) is 3.64. The van der Waals surface area contributed by atoms with Crippen LogP contribution in [0.5, 0.6) is 11.5 Å². The SMILES string of the molecule is Oc1cc(O)c2c(c1)Sc1ccccc1S2. The minimum atomic E-state index is 0.101. The Balaban J connectivity index is 2.15. The highest BCUT2D eigenvalue weighted by Crippen LogP contribution is 2.52. The van der Waals surface area contributed by atoms with Crippen molar-refractivity contribution in [1.29, 1.82) is 0 Å². The van der Waals surface area contributed by atoms with Crippen molar-refractivity contribution in [3.05, 3.63) is 36.4 Å². The van der Waals surface area contributed by atoms with Crippen LogP contribution in [0.25, 0.3) is 0 Å². The third-order valence-electron chi connectivity index (χ3n) is 2.30. The molecule has 0 bridgehead atoms. The van der Waals surface area contributed by atoms with Crippen LogP contribution in [-0.4, -0.2) is 10.2 Å². The van der Waals surface area contributed by atoms with E-state index >= 15 is 0 Å². The summed E-state index contributed by atoms with van der Waals surface area (Å²) in [6, 6.07) is 11.1. The molecule has 0 atom stereocenters. The molecule has 80 valence electrons. The van der Waals surface area contributed by atoms with Crippen LogP contribution in [0, 0.1) is 0 Å². The first kappa shape index (κ1) is 9.93. The molecule has 0 fully saturated rings. The van der Waals surface area contributed by atoms with Gasteiger partial charge in [0.25, 0.3) is 0 Å². The number of fused-ring (bicyclic) bond motifs is 2. The molecule has 2 aromatic carbocycles. The lowest BCUT2D eigenvalue weighted by atomic mass is 10.3. The smallest absolute Gasteiger partial charge is 0.134 e. The van der Waals surface area contributed by atoms with E-state index in [4.69, 9.17) is 0 Å². The van der Waals surface area contributed by atoms with Gasteiger partial charge in [-0.2, -0.15) is 0 Å². The Kier molecular flexibility index (Phi) is 2.26. The van der Waals surface area contributed by atoms with Gasteiger partial charge in [-0.05, 0) is 18.2 Å². The van der Waals surface area contributed by atoms with E-state index in [1.165, 1.54) is 17.8 Å². The first-order valence-corrected chi connectivity index (χ1v) is 6.38. The molecule has 0 radical (unpaired) electrons. The molecule has 1 aliphatic heterocycles. The highest BCUT2D eigenvalue weighted by Gasteiger charge is 2.20. The molecule has 2 aromatic rings. The maximum Gasteiger partial charge on any atom is 0.134 e. The first-order valence-electron chi connectivity index (χ1n) is 4.75. The number of hydrogen-bond donors (Lipinski definition) is 2. The maximum absolute atomic E-state index is 9.77. The van der Waals surface area contributed by atoms with E-state index in [1.807, 2.05) is 24.3 Å². The Morgan fingerprint density at radius 1 is 0.812 bits per heavy atom. The monoisotopic (exact) mass is 248 g/mol. The van der Waals surface area contributed by atoms with Crippen LogP contribution in [0.15, 0.2) is 56.0 Å². The summed E-state index contributed by atoms with van der Waals surface area (Å²) < 4.78 is 0. The molecule has 0 spiro atoms. The fourth-order valence-corrected chi connectivity index (χ4v) is 3.89. The van der Waals surface area contributed by atoms with E-state index in [0.29, 0.717) is 0 Å². The molecule has 0 aromatic heterocycles. The summed E-state index contributed by atoms with van der Waals surface area (Å²) in [6.45, 7) is 0. The van der Waals surface area contributed by atoms with Crippen molar-refractivity contribution in [1.82, 2.24) is 0 Å². The fraction of sp³-hybridized carbons (Fsp3) is 0. The average Bonchev–Trinajstić information content (AvgIpc) is 2.27. The van der Waals surface area contributed by atoms with Crippen LogP contribution in [0.1, 0.15) is 0 Å². The van der Waals surface area contributed by atoms with Crippen LogP contribution >= 0.6 is 23.5 Å². The van der Waals surface area contributed by atoms with Crippen LogP contribution in [0.2, 0.25) is 0 Å². The summed E-state index contributed by atoms with van der Waals surface area (Å²) in [4.78, 5) is 4.02. The molecule has 1 aliphatic rings. The van der Waals surface area contributed by atoms with Gasteiger partial charge in [0.1, 0.15) is 11.5 Å². The minimum absolute atomic E-state index is 0.101. The van der Waals surface area contributed by atoms with Crippen molar-refractivity contribution in [2.75, 3.05) is 0 Å². The van der Waals surface area contributed by atoms with Gasteiger partial charge in [0.2, 0.25) is 0 Å². The quantitative estimate of drug-likeness (QED) is 0.636. The Hall–Kier alpha value is -1.26. The lowest BCUT2D eigenvalue weighted by Crippen LogP contribution is -1.89. The van der Waals surface area contributed by atoms with Crippen molar-refractivity contribution >= 4 is 23.5 Å². The zero-order valence-electron chi connectivity index (χ0n) is 8.18. The molecule has 2 nitrogen and oxygen atoms in total. The van der Waals surface area contributed by atoms with Crippen LogP contribution < -0.4 is 0 Å². The molecular formula is C12H8O2S2. The first-order chi connectivity index (χ1) is 7.74. The molecule has 0 saturated carbocycles. The van der Waals surface area contributed by atoms with E-state index in [2.05, 4.69) is 0 Å². The highest BCUT2D eigenvalue weighted by molar-refractivity contribution is 8.05. The normalized spacial score (nSPS) is 13.0. The fourth-order valence-electron chi connectivity index (χ4n) is 1.60. The third kappa shape index (κ3) is 1.54. The highest BCUT2D eigenvalue weighted by atomic mass is 32.2. The number of phenols is 2. The Morgan fingerprint density at radius 2 is 1.50 bits per heavy atom. The zero-order chi connectivity index (χ0) is 11.1. The van der Waals surface area contributed by atoms with E-state index in [-0.39, 0.29) is 11.5 Å². The van der Waals surface area contributed by atoms with Gasteiger partial charge in [0.05, 0.1) is 4.90 Å². The van der Waals surface area contributed by atoms with Gasteiger partial charge in [-0.25, -0.2) is 0 Å². The molecule has 2 N–H and O–H groups in total. The predicted octanol–water partition coefficient (Wildman–Crippen LogP) is 3.71. The lowest BCUT2D eigenvalue weighted by molar-refractivity contribution is 0.437. The number of aromatic hydroxyl groups is 2. The second-order valence-corrected chi connectivity index (χ2v) is 5.58. The van der Waals surface area contributed by atoms with Crippen LogP contribution in [-0.2, 0) is 0 Å². The topological polar surface area (TPSA) is 40.5 Å². The van der Waals surface area contributed by atoms with Gasteiger partial charge in [0.15, 0.2) is 0 Å². The molecule has 4 heteroatoms. The number of rotatable bonds is 0.